The van der Waals surface area contributed by atoms with Crippen molar-refractivity contribution in [3.8, 4) is 0 Å². The first-order valence-electron chi connectivity index (χ1n) is 6.33. The van der Waals surface area contributed by atoms with Crippen molar-refractivity contribution in [3.05, 3.63) is 30.5 Å². The molecule has 0 amide bonds. The van der Waals surface area contributed by atoms with Crippen molar-refractivity contribution in [1.82, 2.24) is 4.98 Å². The first-order chi connectivity index (χ1) is 8.84. The molecule has 0 bridgehead atoms. The summed E-state index contributed by atoms with van der Waals surface area (Å²) in [5, 5.41) is 4.36. The molecule has 2 aromatic rings. The summed E-state index contributed by atoms with van der Waals surface area (Å²) in [5.74, 6) is 0. The van der Waals surface area contributed by atoms with Crippen LogP contribution >= 0.6 is 0 Å². The number of anilines is 2. The molecule has 3 rings (SSSR count). The highest BCUT2D eigenvalue weighted by atomic mass is 16.5. The zero-order valence-corrected chi connectivity index (χ0v) is 10.2. The normalized spacial score (nSPS) is 19.2. The summed E-state index contributed by atoms with van der Waals surface area (Å²) in [6, 6.07) is 7.88. The molecule has 0 aliphatic carbocycles. The number of nitrogen functional groups attached to an aromatic ring is 1. The Hall–Kier alpha value is -1.81. The second-order valence-electron chi connectivity index (χ2n) is 4.61. The van der Waals surface area contributed by atoms with Gasteiger partial charge < -0.3 is 15.8 Å². The summed E-state index contributed by atoms with van der Waals surface area (Å²) in [6.45, 7) is 1.69. The molecule has 4 nitrogen and oxygen atoms in total. The summed E-state index contributed by atoms with van der Waals surface area (Å²) < 4.78 is 5.59. The number of rotatable bonds is 3. The van der Waals surface area contributed by atoms with E-state index in [0.29, 0.717) is 6.10 Å². The summed E-state index contributed by atoms with van der Waals surface area (Å²) in [4.78, 5) is 4.29. The molecule has 94 valence electrons. The maximum Gasteiger partial charge on any atom is 0.0748 e. The molecular formula is C14H17N3O. The van der Waals surface area contributed by atoms with Crippen LogP contribution in [-0.2, 0) is 4.74 Å². The predicted molar refractivity (Wildman–Crippen MR) is 73.6 cm³/mol. The van der Waals surface area contributed by atoms with Gasteiger partial charge in [-0.1, -0.05) is 0 Å². The average molecular weight is 243 g/mol. The minimum atomic E-state index is 0.314. The highest BCUT2D eigenvalue weighted by Gasteiger charge is 2.15. The second kappa shape index (κ2) is 4.82. The van der Waals surface area contributed by atoms with Crippen LogP contribution in [0.1, 0.15) is 12.8 Å². The number of hydrogen-bond acceptors (Lipinski definition) is 4. The van der Waals surface area contributed by atoms with Crippen molar-refractivity contribution in [1.29, 1.82) is 0 Å². The summed E-state index contributed by atoms with van der Waals surface area (Å²) in [7, 11) is 0. The quantitative estimate of drug-likeness (QED) is 0.813. The largest absolute Gasteiger partial charge is 0.397 e. The van der Waals surface area contributed by atoms with Crippen molar-refractivity contribution in [2.75, 3.05) is 24.2 Å². The summed E-state index contributed by atoms with van der Waals surface area (Å²) in [5.41, 5.74) is 8.82. The van der Waals surface area contributed by atoms with Gasteiger partial charge >= 0.3 is 0 Å². The summed E-state index contributed by atoms with van der Waals surface area (Å²) >= 11 is 0. The van der Waals surface area contributed by atoms with E-state index < -0.39 is 0 Å². The molecule has 4 heteroatoms. The Bertz CT molecular complexity index is 550. The molecule has 3 N–H and O–H groups in total. The fraction of sp³-hybridized carbons (Fsp3) is 0.357. The fourth-order valence-electron chi connectivity index (χ4n) is 2.36. The van der Waals surface area contributed by atoms with Crippen LogP contribution in [0.25, 0.3) is 10.9 Å². The van der Waals surface area contributed by atoms with Crippen molar-refractivity contribution in [3.63, 3.8) is 0 Å². The van der Waals surface area contributed by atoms with Crippen LogP contribution in [0, 0.1) is 0 Å². The monoisotopic (exact) mass is 243 g/mol. The highest BCUT2D eigenvalue weighted by Crippen LogP contribution is 2.27. The van der Waals surface area contributed by atoms with E-state index in [1.54, 1.807) is 6.20 Å². The minimum Gasteiger partial charge on any atom is -0.397 e. The molecule has 1 unspecified atom stereocenters. The van der Waals surface area contributed by atoms with Gasteiger partial charge in [-0.3, -0.25) is 4.98 Å². The van der Waals surface area contributed by atoms with Gasteiger partial charge in [-0.05, 0) is 37.1 Å². The van der Waals surface area contributed by atoms with Gasteiger partial charge in [0.25, 0.3) is 0 Å². The molecule has 0 spiro atoms. The number of aromatic nitrogens is 1. The number of nitrogens with two attached hydrogens (primary N) is 1. The van der Waals surface area contributed by atoms with E-state index in [4.69, 9.17) is 10.5 Å². The van der Waals surface area contributed by atoms with Crippen LogP contribution in [0.15, 0.2) is 30.5 Å². The van der Waals surface area contributed by atoms with Gasteiger partial charge in [-0.15, -0.1) is 0 Å². The first-order valence-corrected chi connectivity index (χ1v) is 6.33. The molecule has 1 atom stereocenters. The first kappa shape index (κ1) is 11.3. The van der Waals surface area contributed by atoms with Crippen LogP contribution in [-0.4, -0.2) is 24.2 Å². The van der Waals surface area contributed by atoms with Crippen LogP contribution in [0.5, 0.6) is 0 Å². The molecular weight excluding hydrogens is 226 g/mol. The topological polar surface area (TPSA) is 60.2 Å². The van der Waals surface area contributed by atoms with E-state index in [0.717, 1.165) is 48.3 Å². The Morgan fingerprint density at radius 2 is 2.33 bits per heavy atom. The Morgan fingerprint density at radius 3 is 3.17 bits per heavy atom. The van der Waals surface area contributed by atoms with E-state index in [1.165, 1.54) is 0 Å². The Balaban J connectivity index is 1.81. The van der Waals surface area contributed by atoms with Crippen molar-refractivity contribution >= 4 is 22.3 Å². The van der Waals surface area contributed by atoms with Gasteiger partial charge in [0, 0.05) is 24.7 Å². The Labute approximate surface area is 106 Å². The van der Waals surface area contributed by atoms with Gasteiger partial charge in [-0.2, -0.15) is 0 Å². The van der Waals surface area contributed by atoms with Gasteiger partial charge in [0.1, 0.15) is 0 Å². The van der Waals surface area contributed by atoms with E-state index in [-0.39, 0.29) is 0 Å². The lowest BCUT2D eigenvalue weighted by molar-refractivity contribution is 0.120. The molecule has 1 aliphatic rings. The number of pyridine rings is 1. The maximum atomic E-state index is 6.16. The number of ether oxygens (including phenoxy) is 1. The molecule has 0 radical (unpaired) electrons. The van der Waals surface area contributed by atoms with Crippen molar-refractivity contribution in [2.24, 2.45) is 0 Å². The number of hydrogen-bond donors (Lipinski definition) is 2. The zero-order valence-electron chi connectivity index (χ0n) is 10.2. The lowest BCUT2D eigenvalue weighted by Gasteiger charge is -2.14. The van der Waals surface area contributed by atoms with Gasteiger partial charge in [0.05, 0.1) is 23.0 Å². The molecule has 1 saturated heterocycles. The predicted octanol–water partition coefficient (Wildman–Crippen LogP) is 2.41. The highest BCUT2D eigenvalue weighted by molar-refractivity contribution is 5.96. The lowest BCUT2D eigenvalue weighted by atomic mass is 10.1. The Morgan fingerprint density at radius 1 is 1.39 bits per heavy atom. The average Bonchev–Trinajstić information content (AvgIpc) is 2.91. The number of benzene rings is 1. The number of nitrogens with one attached hydrogen (secondary N) is 1. The van der Waals surface area contributed by atoms with Crippen LogP contribution in [0.2, 0.25) is 0 Å². The van der Waals surface area contributed by atoms with Crippen molar-refractivity contribution in [2.45, 2.75) is 18.9 Å². The van der Waals surface area contributed by atoms with Crippen LogP contribution in [0.3, 0.4) is 0 Å². The molecule has 1 aliphatic heterocycles. The Kier molecular flexibility index (Phi) is 3.02. The molecule has 1 fully saturated rings. The molecule has 0 saturated carbocycles. The maximum absolute atomic E-state index is 6.16. The third-order valence-corrected chi connectivity index (χ3v) is 3.37. The number of fused-ring (bicyclic) bond motifs is 1. The standard InChI is InChI=1S/C14H17N3O/c15-14-11-4-1-7-16-12(11)5-6-13(14)17-9-10-3-2-8-18-10/h1,4-7,10,17H,2-3,8-9,15H2. The SMILES string of the molecule is Nc1c(NCC2CCCO2)ccc2ncccc12. The third kappa shape index (κ3) is 2.11. The number of nitrogens with zero attached hydrogens (tertiary/aromatic N) is 1. The minimum absolute atomic E-state index is 0.314. The smallest absolute Gasteiger partial charge is 0.0748 e. The summed E-state index contributed by atoms with van der Waals surface area (Å²) in [6.07, 6.45) is 4.38. The zero-order chi connectivity index (χ0) is 12.4. The van der Waals surface area contributed by atoms with Crippen molar-refractivity contribution < 1.29 is 4.74 Å². The van der Waals surface area contributed by atoms with Crippen LogP contribution in [0.4, 0.5) is 11.4 Å². The van der Waals surface area contributed by atoms with Crippen LogP contribution < -0.4 is 11.1 Å². The molecule has 18 heavy (non-hydrogen) atoms. The third-order valence-electron chi connectivity index (χ3n) is 3.37. The molecule has 1 aromatic heterocycles. The van der Waals surface area contributed by atoms with Gasteiger partial charge in [0.2, 0.25) is 0 Å². The molecule has 1 aromatic carbocycles. The molecule has 2 heterocycles. The van der Waals surface area contributed by atoms with Gasteiger partial charge in [-0.25, -0.2) is 0 Å². The lowest BCUT2D eigenvalue weighted by Crippen LogP contribution is -2.19. The van der Waals surface area contributed by atoms with E-state index >= 15 is 0 Å². The fourth-order valence-corrected chi connectivity index (χ4v) is 2.36. The second-order valence-corrected chi connectivity index (χ2v) is 4.61. The van der Waals surface area contributed by atoms with E-state index in [2.05, 4.69) is 10.3 Å². The van der Waals surface area contributed by atoms with Gasteiger partial charge in [0.15, 0.2) is 0 Å². The van der Waals surface area contributed by atoms with E-state index in [1.807, 2.05) is 24.3 Å². The van der Waals surface area contributed by atoms with E-state index in [9.17, 15) is 0 Å².